The van der Waals surface area contributed by atoms with Gasteiger partial charge in [0.05, 0.1) is 0 Å². The minimum absolute atomic E-state index is 0.0565. The van der Waals surface area contributed by atoms with Crippen molar-refractivity contribution in [2.24, 2.45) is 5.73 Å². The van der Waals surface area contributed by atoms with Crippen LogP contribution in [0.4, 0.5) is 9.18 Å². The standard InChI is InChI=1S/C12H17F.CH3NO2/c1-2-3-4-5-8-11-9-6-7-10-12(11)13;2-1(3)4/h6-7,9-10H,2-5,8H2,1H3;2H2,(H,3,4). The molecule has 0 atom stereocenters. The van der Waals surface area contributed by atoms with Crippen LogP contribution in [0.1, 0.15) is 38.2 Å². The van der Waals surface area contributed by atoms with Crippen molar-refractivity contribution in [1.82, 2.24) is 0 Å². The zero-order chi connectivity index (χ0) is 13.1. The van der Waals surface area contributed by atoms with E-state index in [2.05, 4.69) is 12.7 Å². The van der Waals surface area contributed by atoms with E-state index >= 15 is 0 Å². The number of halogens is 1. The molecule has 3 N–H and O–H groups in total. The third-order valence-corrected chi connectivity index (χ3v) is 2.26. The van der Waals surface area contributed by atoms with Gasteiger partial charge in [-0.1, -0.05) is 44.4 Å². The summed E-state index contributed by atoms with van der Waals surface area (Å²) in [5.74, 6) is -0.0565. The van der Waals surface area contributed by atoms with E-state index in [1.165, 1.54) is 25.3 Å². The smallest absolute Gasteiger partial charge is 0.402 e. The molecule has 1 aromatic rings. The Balaban J connectivity index is 0.000000557. The number of unbranched alkanes of at least 4 members (excludes halogenated alkanes) is 3. The third-order valence-electron chi connectivity index (χ3n) is 2.26. The molecular formula is C13H20FNO2. The largest absolute Gasteiger partial charge is 0.465 e. The zero-order valence-corrected chi connectivity index (χ0v) is 10.2. The molecular weight excluding hydrogens is 221 g/mol. The van der Waals surface area contributed by atoms with Gasteiger partial charge in [0, 0.05) is 0 Å². The Bertz CT molecular complexity index is 325. The molecule has 0 saturated heterocycles. The first-order chi connectivity index (χ1) is 8.07. The van der Waals surface area contributed by atoms with Crippen LogP contribution in [0.25, 0.3) is 0 Å². The lowest BCUT2D eigenvalue weighted by molar-refractivity contribution is 0.205. The Morgan fingerprint density at radius 1 is 1.29 bits per heavy atom. The number of hydrogen-bond acceptors (Lipinski definition) is 1. The molecule has 1 amide bonds. The molecule has 17 heavy (non-hydrogen) atoms. The van der Waals surface area contributed by atoms with Gasteiger partial charge in [0.2, 0.25) is 0 Å². The Morgan fingerprint density at radius 3 is 2.41 bits per heavy atom. The van der Waals surface area contributed by atoms with Crippen molar-refractivity contribution >= 4 is 6.09 Å². The maximum atomic E-state index is 13.1. The van der Waals surface area contributed by atoms with E-state index in [4.69, 9.17) is 9.90 Å². The molecule has 0 aliphatic heterocycles. The molecule has 0 radical (unpaired) electrons. The predicted octanol–water partition coefficient (Wildman–Crippen LogP) is 3.57. The predicted molar refractivity (Wildman–Crippen MR) is 66.5 cm³/mol. The molecule has 0 aromatic heterocycles. The van der Waals surface area contributed by atoms with E-state index in [0.717, 1.165) is 18.4 Å². The van der Waals surface area contributed by atoms with Crippen molar-refractivity contribution in [3.8, 4) is 0 Å². The molecule has 0 spiro atoms. The molecule has 1 rings (SSSR count). The van der Waals surface area contributed by atoms with Gasteiger partial charge >= 0.3 is 6.09 Å². The van der Waals surface area contributed by atoms with Gasteiger partial charge in [-0.2, -0.15) is 0 Å². The molecule has 4 heteroatoms. The maximum Gasteiger partial charge on any atom is 0.402 e. The number of hydrogen-bond donors (Lipinski definition) is 2. The minimum Gasteiger partial charge on any atom is -0.465 e. The fourth-order valence-electron chi connectivity index (χ4n) is 1.44. The number of benzene rings is 1. The lowest BCUT2D eigenvalue weighted by Crippen LogP contribution is -2.03. The molecule has 0 bridgehead atoms. The second-order valence-corrected chi connectivity index (χ2v) is 3.74. The average Bonchev–Trinajstić information content (AvgIpc) is 2.26. The number of nitrogens with two attached hydrogens (primary N) is 1. The molecule has 0 heterocycles. The van der Waals surface area contributed by atoms with Gasteiger partial charge in [0.15, 0.2) is 0 Å². The summed E-state index contributed by atoms with van der Waals surface area (Å²) in [7, 11) is 0. The highest BCUT2D eigenvalue weighted by Crippen LogP contribution is 2.11. The van der Waals surface area contributed by atoms with E-state index in [1.54, 1.807) is 6.07 Å². The van der Waals surface area contributed by atoms with Crippen molar-refractivity contribution in [2.45, 2.75) is 39.0 Å². The van der Waals surface area contributed by atoms with Crippen LogP contribution in [0.2, 0.25) is 0 Å². The summed E-state index contributed by atoms with van der Waals surface area (Å²) in [5, 5.41) is 7.19. The number of rotatable bonds is 5. The molecule has 0 aliphatic carbocycles. The number of carbonyl (C=O) groups is 1. The highest BCUT2D eigenvalue weighted by molar-refractivity contribution is 5.61. The van der Waals surface area contributed by atoms with Crippen molar-refractivity contribution in [3.63, 3.8) is 0 Å². The van der Waals surface area contributed by atoms with E-state index in [9.17, 15) is 4.39 Å². The van der Waals surface area contributed by atoms with Crippen LogP contribution in [0.5, 0.6) is 0 Å². The van der Waals surface area contributed by atoms with Crippen molar-refractivity contribution < 1.29 is 14.3 Å². The van der Waals surface area contributed by atoms with Crippen molar-refractivity contribution in [3.05, 3.63) is 35.6 Å². The van der Waals surface area contributed by atoms with E-state index in [-0.39, 0.29) is 5.82 Å². The number of primary amides is 1. The van der Waals surface area contributed by atoms with Gasteiger partial charge in [0.25, 0.3) is 0 Å². The van der Waals surface area contributed by atoms with E-state index in [0.29, 0.717) is 0 Å². The summed E-state index contributed by atoms with van der Waals surface area (Å²) in [6.45, 7) is 2.18. The number of aryl methyl sites for hydroxylation is 1. The summed E-state index contributed by atoms with van der Waals surface area (Å²) >= 11 is 0. The molecule has 3 nitrogen and oxygen atoms in total. The van der Waals surface area contributed by atoms with Crippen LogP contribution >= 0.6 is 0 Å². The van der Waals surface area contributed by atoms with Crippen LogP contribution in [0.15, 0.2) is 24.3 Å². The Kier molecular flexibility index (Phi) is 8.74. The molecule has 0 unspecified atom stereocenters. The SMILES string of the molecule is CCCCCCc1ccccc1F.NC(=O)O. The van der Waals surface area contributed by atoms with Crippen LogP contribution < -0.4 is 5.73 Å². The first kappa shape index (κ1) is 15.4. The van der Waals surface area contributed by atoms with Crippen LogP contribution in [0.3, 0.4) is 0 Å². The fourth-order valence-corrected chi connectivity index (χ4v) is 1.44. The van der Waals surface area contributed by atoms with Gasteiger partial charge < -0.3 is 10.8 Å². The Hall–Kier alpha value is -1.58. The van der Waals surface area contributed by atoms with E-state index < -0.39 is 6.09 Å². The Labute approximate surface area is 101 Å². The Morgan fingerprint density at radius 2 is 1.88 bits per heavy atom. The quantitative estimate of drug-likeness (QED) is 0.774. The summed E-state index contributed by atoms with van der Waals surface area (Å²) in [4.78, 5) is 8.78. The normalized spacial score (nSPS) is 9.29. The lowest BCUT2D eigenvalue weighted by Gasteiger charge is -2.01. The highest BCUT2D eigenvalue weighted by Gasteiger charge is 1.98. The highest BCUT2D eigenvalue weighted by atomic mass is 19.1. The summed E-state index contributed by atoms with van der Waals surface area (Å²) in [6, 6.07) is 7.06. The van der Waals surface area contributed by atoms with Crippen molar-refractivity contribution in [1.29, 1.82) is 0 Å². The second-order valence-electron chi connectivity index (χ2n) is 3.74. The monoisotopic (exact) mass is 241 g/mol. The number of carboxylic acid groups (broad SMARTS) is 1. The molecule has 0 saturated carbocycles. The zero-order valence-electron chi connectivity index (χ0n) is 10.2. The minimum atomic E-state index is -1.33. The summed E-state index contributed by atoms with van der Waals surface area (Å²) < 4.78 is 13.1. The van der Waals surface area contributed by atoms with Gasteiger partial charge in [-0.05, 0) is 24.5 Å². The van der Waals surface area contributed by atoms with Gasteiger partial charge in [-0.15, -0.1) is 0 Å². The molecule has 1 aromatic carbocycles. The molecule has 0 aliphatic rings. The number of amides is 1. The molecule has 0 fully saturated rings. The van der Waals surface area contributed by atoms with Crippen LogP contribution in [0, 0.1) is 5.82 Å². The van der Waals surface area contributed by atoms with Gasteiger partial charge in [-0.25, -0.2) is 9.18 Å². The first-order valence-corrected chi connectivity index (χ1v) is 5.79. The second kappa shape index (κ2) is 9.63. The average molecular weight is 241 g/mol. The van der Waals surface area contributed by atoms with E-state index in [1.807, 2.05) is 12.1 Å². The fraction of sp³-hybridized carbons (Fsp3) is 0.462. The first-order valence-electron chi connectivity index (χ1n) is 5.79. The van der Waals surface area contributed by atoms with Crippen LogP contribution in [-0.2, 0) is 6.42 Å². The summed E-state index contributed by atoms with van der Waals surface area (Å²) in [5.41, 5.74) is 4.89. The van der Waals surface area contributed by atoms with Gasteiger partial charge in [0.1, 0.15) is 5.82 Å². The topological polar surface area (TPSA) is 63.3 Å². The van der Waals surface area contributed by atoms with Crippen LogP contribution in [-0.4, -0.2) is 11.2 Å². The lowest BCUT2D eigenvalue weighted by atomic mass is 10.1. The van der Waals surface area contributed by atoms with Gasteiger partial charge in [-0.3, -0.25) is 0 Å². The molecule has 96 valence electrons. The van der Waals surface area contributed by atoms with Crippen molar-refractivity contribution in [2.75, 3.05) is 0 Å². The maximum absolute atomic E-state index is 13.1. The third kappa shape index (κ3) is 9.35. The summed E-state index contributed by atoms with van der Waals surface area (Å²) in [6.07, 6.45) is 4.36.